The molecule has 0 aliphatic heterocycles. The van der Waals surface area contributed by atoms with Crippen molar-refractivity contribution in [3.8, 4) is 0 Å². The Morgan fingerprint density at radius 2 is 1.47 bits per heavy atom. The normalized spacial score (nSPS) is 12.3. The molecular formula is C10H20O4Si. The van der Waals surface area contributed by atoms with Crippen molar-refractivity contribution in [3.63, 3.8) is 0 Å². The van der Waals surface area contributed by atoms with E-state index in [4.69, 9.17) is 13.3 Å². The first kappa shape index (κ1) is 14.5. The summed E-state index contributed by atoms with van der Waals surface area (Å²) in [5.41, 5.74) is 0. The summed E-state index contributed by atoms with van der Waals surface area (Å²) in [7, 11) is -3.15. The van der Waals surface area contributed by atoms with Crippen LogP contribution >= 0.6 is 0 Å². The van der Waals surface area contributed by atoms with Gasteiger partial charge in [-0.1, -0.05) is 6.08 Å². The summed E-state index contributed by atoms with van der Waals surface area (Å²) in [6, 6.07) is 0. The van der Waals surface area contributed by atoms with E-state index >= 15 is 0 Å². The van der Waals surface area contributed by atoms with Gasteiger partial charge in [-0.2, -0.15) is 0 Å². The molecular weight excluding hydrogens is 212 g/mol. The molecule has 0 rings (SSSR count). The third kappa shape index (κ3) is 4.25. The summed E-state index contributed by atoms with van der Waals surface area (Å²) < 4.78 is 16.3. The van der Waals surface area contributed by atoms with Gasteiger partial charge in [0.05, 0.1) is 0 Å². The second-order valence-electron chi connectivity index (χ2n) is 2.72. The Labute approximate surface area is 92.6 Å². The van der Waals surface area contributed by atoms with Crippen LogP contribution in [0.4, 0.5) is 0 Å². The average molecular weight is 232 g/mol. The van der Waals surface area contributed by atoms with Gasteiger partial charge in [0.25, 0.3) is 0 Å². The first-order chi connectivity index (χ1) is 7.16. The molecule has 0 amide bonds. The topological polar surface area (TPSA) is 44.8 Å². The smallest absolute Gasteiger partial charge is 0.368 e. The van der Waals surface area contributed by atoms with Crippen LogP contribution in [0.3, 0.4) is 0 Å². The van der Waals surface area contributed by atoms with Crippen molar-refractivity contribution in [1.29, 1.82) is 0 Å². The van der Waals surface area contributed by atoms with E-state index in [0.29, 0.717) is 19.8 Å². The summed E-state index contributed by atoms with van der Waals surface area (Å²) in [4.78, 5) is 11.8. The molecule has 0 aliphatic rings. The lowest BCUT2D eigenvalue weighted by molar-refractivity contribution is -0.115. The molecule has 0 aromatic rings. The second-order valence-corrected chi connectivity index (χ2v) is 5.19. The third-order valence-electron chi connectivity index (χ3n) is 1.62. The van der Waals surface area contributed by atoms with Crippen LogP contribution in [0.15, 0.2) is 12.2 Å². The summed E-state index contributed by atoms with van der Waals surface area (Å²) >= 11 is 0. The molecule has 5 heteroatoms. The van der Waals surface area contributed by atoms with Gasteiger partial charge in [-0.05, 0) is 33.8 Å². The lowest BCUT2D eigenvalue weighted by Gasteiger charge is -2.25. The van der Waals surface area contributed by atoms with Crippen molar-refractivity contribution in [3.05, 3.63) is 12.2 Å². The number of hydrogen-bond acceptors (Lipinski definition) is 4. The van der Waals surface area contributed by atoms with Crippen molar-refractivity contribution in [2.45, 2.75) is 27.7 Å². The number of allylic oxidation sites excluding steroid dienone is 2. The van der Waals surface area contributed by atoms with E-state index in [2.05, 4.69) is 0 Å². The van der Waals surface area contributed by atoms with Gasteiger partial charge in [-0.15, -0.1) is 0 Å². The van der Waals surface area contributed by atoms with E-state index in [1.165, 1.54) is 6.08 Å². The highest BCUT2D eigenvalue weighted by Crippen LogP contribution is 2.12. The van der Waals surface area contributed by atoms with E-state index in [1.807, 2.05) is 20.8 Å². The molecule has 0 saturated heterocycles. The summed E-state index contributed by atoms with van der Waals surface area (Å²) in [6.45, 7) is 8.48. The van der Waals surface area contributed by atoms with E-state index in [-0.39, 0.29) is 5.41 Å². The Morgan fingerprint density at radius 3 is 1.73 bits per heavy atom. The lowest BCUT2D eigenvalue weighted by Crippen LogP contribution is -2.53. The SMILES string of the molecule is C/C=C/C(=O)[Si](OCC)(OCC)OCC. The van der Waals surface area contributed by atoms with Crippen LogP contribution in [-0.4, -0.2) is 34.0 Å². The molecule has 0 spiro atoms. The van der Waals surface area contributed by atoms with Gasteiger partial charge in [0.15, 0.2) is 0 Å². The Morgan fingerprint density at radius 1 is 1.07 bits per heavy atom. The molecule has 0 atom stereocenters. The molecule has 0 aromatic carbocycles. The zero-order valence-corrected chi connectivity index (χ0v) is 10.9. The van der Waals surface area contributed by atoms with Crippen LogP contribution in [0.2, 0.25) is 0 Å². The summed E-state index contributed by atoms with van der Waals surface area (Å²) in [5.74, 6) is 0. The van der Waals surface area contributed by atoms with Gasteiger partial charge in [0.2, 0.25) is 5.41 Å². The van der Waals surface area contributed by atoms with E-state index in [0.717, 1.165) is 0 Å². The van der Waals surface area contributed by atoms with Crippen LogP contribution in [-0.2, 0) is 18.1 Å². The number of carbonyl (C=O) groups excluding carboxylic acids is 1. The van der Waals surface area contributed by atoms with Crippen molar-refractivity contribution in [2.75, 3.05) is 19.8 Å². The van der Waals surface area contributed by atoms with Gasteiger partial charge in [-0.3, -0.25) is 4.79 Å². The molecule has 15 heavy (non-hydrogen) atoms. The molecule has 4 nitrogen and oxygen atoms in total. The van der Waals surface area contributed by atoms with Gasteiger partial charge >= 0.3 is 8.80 Å². The first-order valence-corrected chi connectivity index (χ1v) is 6.98. The fourth-order valence-corrected chi connectivity index (χ4v) is 3.35. The monoisotopic (exact) mass is 232 g/mol. The maximum Gasteiger partial charge on any atom is 0.579 e. The zero-order chi connectivity index (χ0) is 11.7. The number of carbonyl (C=O) groups is 1. The molecule has 0 aliphatic carbocycles. The van der Waals surface area contributed by atoms with Crippen molar-refractivity contribution >= 4 is 14.2 Å². The van der Waals surface area contributed by atoms with Gasteiger partial charge < -0.3 is 13.3 Å². The van der Waals surface area contributed by atoms with Gasteiger partial charge in [-0.25, -0.2) is 0 Å². The molecule has 0 bridgehead atoms. The van der Waals surface area contributed by atoms with Crippen LogP contribution in [0.25, 0.3) is 0 Å². The number of hydrogen-bond donors (Lipinski definition) is 0. The van der Waals surface area contributed by atoms with Gasteiger partial charge in [0, 0.05) is 19.8 Å². The molecule has 88 valence electrons. The Balaban J connectivity index is 4.81. The molecule has 0 unspecified atom stereocenters. The minimum absolute atomic E-state index is 0.185. The predicted octanol–water partition coefficient (Wildman–Crippen LogP) is 1.72. The molecule has 0 aromatic heterocycles. The Kier molecular flexibility index (Phi) is 7.50. The largest absolute Gasteiger partial charge is 0.579 e. The summed E-state index contributed by atoms with van der Waals surface area (Å²) in [6.07, 6.45) is 3.12. The highest BCUT2D eigenvalue weighted by atomic mass is 28.4. The van der Waals surface area contributed by atoms with Crippen LogP contribution in [0, 0.1) is 0 Å². The maximum atomic E-state index is 11.8. The van der Waals surface area contributed by atoms with Crippen LogP contribution in [0.1, 0.15) is 27.7 Å². The van der Waals surface area contributed by atoms with E-state index in [1.54, 1.807) is 13.0 Å². The minimum atomic E-state index is -3.15. The fourth-order valence-electron chi connectivity index (χ4n) is 1.16. The highest BCUT2D eigenvalue weighted by molar-refractivity contribution is 6.94. The third-order valence-corrected chi connectivity index (χ3v) is 4.40. The van der Waals surface area contributed by atoms with Crippen LogP contribution in [0.5, 0.6) is 0 Å². The quantitative estimate of drug-likeness (QED) is 0.472. The first-order valence-electron chi connectivity index (χ1n) is 5.25. The molecule has 0 fully saturated rings. The average Bonchev–Trinajstić information content (AvgIpc) is 2.19. The maximum absolute atomic E-state index is 11.8. The van der Waals surface area contributed by atoms with Gasteiger partial charge in [0.1, 0.15) is 0 Å². The Bertz CT molecular complexity index is 198. The zero-order valence-electron chi connectivity index (χ0n) is 9.91. The van der Waals surface area contributed by atoms with Crippen molar-refractivity contribution in [2.24, 2.45) is 0 Å². The molecule has 0 N–H and O–H groups in total. The van der Waals surface area contributed by atoms with Crippen molar-refractivity contribution in [1.82, 2.24) is 0 Å². The lowest BCUT2D eigenvalue weighted by atomic mass is 10.6. The molecule has 0 heterocycles. The van der Waals surface area contributed by atoms with Crippen LogP contribution < -0.4 is 0 Å². The predicted molar refractivity (Wildman–Crippen MR) is 60.5 cm³/mol. The summed E-state index contributed by atoms with van der Waals surface area (Å²) in [5, 5.41) is -0.185. The second kappa shape index (κ2) is 7.75. The van der Waals surface area contributed by atoms with Crippen molar-refractivity contribution < 1.29 is 18.1 Å². The van der Waals surface area contributed by atoms with E-state index < -0.39 is 8.80 Å². The molecule has 0 saturated carbocycles. The minimum Gasteiger partial charge on any atom is -0.368 e. The standard InChI is InChI=1S/C10H20O4Si/c1-5-9-10(11)15(12-6-2,13-7-3)14-8-4/h5,9H,6-8H2,1-4H3/b9-5+. The van der Waals surface area contributed by atoms with E-state index in [9.17, 15) is 4.79 Å². The highest BCUT2D eigenvalue weighted by Gasteiger charge is 2.48. The number of rotatable bonds is 8. The molecule has 0 radical (unpaired) electrons. The fraction of sp³-hybridized carbons (Fsp3) is 0.700. The Hall–Kier alpha value is -0.493.